The molecular weight excluding hydrogens is 293 g/mol. The van der Waals surface area contributed by atoms with Gasteiger partial charge in [0.05, 0.1) is 17.7 Å². The van der Waals surface area contributed by atoms with Crippen molar-refractivity contribution in [1.29, 1.82) is 0 Å². The van der Waals surface area contributed by atoms with Crippen molar-refractivity contribution in [2.24, 2.45) is 0 Å². The minimum atomic E-state index is -0.617. The van der Waals surface area contributed by atoms with Crippen molar-refractivity contribution in [3.05, 3.63) is 53.4 Å². The highest BCUT2D eigenvalue weighted by molar-refractivity contribution is 7.13. The summed E-state index contributed by atoms with van der Waals surface area (Å²) in [6.07, 6.45) is 0. The quantitative estimate of drug-likeness (QED) is 0.698. The Hall–Kier alpha value is -2.54. The number of ether oxygens (including phenoxy) is 1. The first kappa shape index (κ1) is 13.4. The normalized spacial score (nSPS) is 10.6. The van der Waals surface area contributed by atoms with Gasteiger partial charge in [0.1, 0.15) is 5.82 Å². The molecule has 5 nitrogen and oxygen atoms in total. The van der Waals surface area contributed by atoms with Gasteiger partial charge in [0.25, 0.3) is 5.82 Å². The molecule has 0 spiro atoms. The van der Waals surface area contributed by atoms with Crippen LogP contribution in [-0.4, -0.2) is 27.8 Å². The van der Waals surface area contributed by atoms with Crippen LogP contribution in [0.15, 0.2) is 41.8 Å². The van der Waals surface area contributed by atoms with E-state index in [1.807, 2.05) is 17.5 Å². The number of esters is 1. The maximum Gasteiger partial charge on any atom is 0.377 e. The lowest BCUT2D eigenvalue weighted by atomic mass is 10.3. The number of methoxy groups -OCH3 is 1. The third-order valence-corrected chi connectivity index (χ3v) is 3.65. The Morgan fingerprint density at radius 1 is 1.29 bits per heavy atom. The number of carbonyl (C=O) groups is 1. The summed E-state index contributed by atoms with van der Waals surface area (Å²) in [5.41, 5.74) is 0.613. The Kier molecular flexibility index (Phi) is 3.49. The fraction of sp³-hybridized carbons (Fsp3) is 0.0714. The molecule has 2 heterocycles. The van der Waals surface area contributed by atoms with Gasteiger partial charge in [-0.1, -0.05) is 6.07 Å². The van der Waals surface area contributed by atoms with Gasteiger partial charge in [-0.15, -0.1) is 16.4 Å². The van der Waals surface area contributed by atoms with Crippen LogP contribution in [0.1, 0.15) is 10.6 Å². The lowest BCUT2D eigenvalue weighted by Crippen LogP contribution is -2.05. The monoisotopic (exact) mass is 303 g/mol. The Bertz CT molecular complexity index is 766. The maximum absolute atomic E-state index is 13.0. The van der Waals surface area contributed by atoms with E-state index < -0.39 is 5.97 Å². The van der Waals surface area contributed by atoms with E-state index in [2.05, 4.69) is 14.8 Å². The summed E-state index contributed by atoms with van der Waals surface area (Å²) in [5, 5.41) is 6.05. The van der Waals surface area contributed by atoms with Crippen molar-refractivity contribution in [2.45, 2.75) is 0 Å². The standard InChI is InChI=1S/C14H10FN3O2S/c1-20-14(19)12-16-13(11-3-2-8-21-11)18(17-12)10-6-4-9(15)5-7-10/h2-8H,1H3. The Morgan fingerprint density at radius 2 is 2.05 bits per heavy atom. The first-order valence-corrected chi connectivity index (χ1v) is 6.92. The molecule has 3 aromatic rings. The lowest BCUT2D eigenvalue weighted by molar-refractivity contribution is 0.0587. The molecule has 0 fully saturated rings. The number of thiophene rings is 1. The Labute approximate surface area is 123 Å². The minimum absolute atomic E-state index is 0.0368. The number of carbonyl (C=O) groups excluding carboxylic acids is 1. The van der Waals surface area contributed by atoms with Gasteiger partial charge >= 0.3 is 5.97 Å². The van der Waals surface area contributed by atoms with Gasteiger partial charge in [0.15, 0.2) is 5.82 Å². The van der Waals surface area contributed by atoms with Gasteiger partial charge in [0.2, 0.25) is 0 Å². The summed E-state index contributed by atoms with van der Waals surface area (Å²) in [4.78, 5) is 16.7. The molecule has 1 aromatic carbocycles. The molecule has 0 N–H and O–H groups in total. The maximum atomic E-state index is 13.0. The number of aromatic nitrogens is 3. The second-order valence-corrected chi connectivity index (χ2v) is 5.06. The largest absolute Gasteiger partial charge is 0.463 e. The van der Waals surface area contributed by atoms with Crippen LogP contribution in [-0.2, 0) is 4.74 Å². The fourth-order valence-electron chi connectivity index (χ4n) is 1.82. The average Bonchev–Trinajstić information content (AvgIpc) is 3.16. The second-order valence-electron chi connectivity index (χ2n) is 4.12. The summed E-state index contributed by atoms with van der Waals surface area (Å²) in [5.74, 6) is -0.486. The molecule has 3 rings (SSSR count). The van der Waals surface area contributed by atoms with Gasteiger partial charge in [-0.2, -0.15) is 4.98 Å². The van der Waals surface area contributed by atoms with Gasteiger partial charge in [-0.3, -0.25) is 0 Å². The van der Waals surface area contributed by atoms with Crippen molar-refractivity contribution in [2.75, 3.05) is 7.11 Å². The fourth-order valence-corrected chi connectivity index (χ4v) is 2.52. The summed E-state index contributed by atoms with van der Waals surface area (Å²) < 4.78 is 19.2. The number of halogens is 1. The molecule has 0 aliphatic rings. The second kappa shape index (κ2) is 5.45. The van der Waals surface area contributed by atoms with E-state index in [0.717, 1.165) is 4.88 Å². The highest BCUT2D eigenvalue weighted by atomic mass is 32.1. The molecule has 7 heteroatoms. The van der Waals surface area contributed by atoms with Gasteiger partial charge in [-0.25, -0.2) is 13.9 Å². The van der Waals surface area contributed by atoms with E-state index >= 15 is 0 Å². The SMILES string of the molecule is COC(=O)c1nc(-c2cccs2)n(-c2ccc(F)cc2)n1. The third-order valence-electron chi connectivity index (χ3n) is 2.79. The first-order valence-electron chi connectivity index (χ1n) is 6.04. The molecule has 0 radical (unpaired) electrons. The van der Waals surface area contributed by atoms with Crippen LogP contribution in [0.5, 0.6) is 0 Å². The smallest absolute Gasteiger partial charge is 0.377 e. The summed E-state index contributed by atoms with van der Waals surface area (Å²) in [6, 6.07) is 9.54. The van der Waals surface area contributed by atoms with Crippen LogP contribution in [0.25, 0.3) is 16.4 Å². The van der Waals surface area contributed by atoms with E-state index in [-0.39, 0.29) is 11.6 Å². The zero-order valence-electron chi connectivity index (χ0n) is 11.0. The van der Waals surface area contributed by atoms with Crippen LogP contribution in [0.3, 0.4) is 0 Å². The third kappa shape index (κ3) is 2.55. The first-order chi connectivity index (χ1) is 10.2. The molecule has 0 aliphatic carbocycles. The van der Waals surface area contributed by atoms with Crippen molar-refractivity contribution >= 4 is 17.3 Å². The molecule has 2 aromatic heterocycles. The van der Waals surface area contributed by atoms with E-state index in [0.29, 0.717) is 11.5 Å². The van der Waals surface area contributed by atoms with Crippen LogP contribution >= 0.6 is 11.3 Å². The zero-order valence-corrected chi connectivity index (χ0v) is 11.8. The van der Waals surface area contributed by atoms with Crippen molar-refractivity contribution < 1.29 is 13.9 Å². The van der Waals surface area contributed by atoms with E-state index in [1.165, 1.54) is 35.3 Å². The molecule has 0 atom stereocenters. The summed E-state index contributed by atoms with van der Waals surface area (Å²) in [7, 11) is 1.27. The van der Waals surface area contributed by atoms with Crippen LogP contribution in [0.2, 0.25) is 0 Å². The zero-order chi connectivity index (χ0) is 14.8. The molecule has 0 aliphatic heterocycles. The molecule has 21 heavy (non-hydrogen) atoms. The van der Waals surface area contributed by atoms with Crippen molar-refractivity contribution in [3.63, 3.8) is 0 Å². The van der Waals surface area contributed by atoms with Gasteiger partial charge < -0.3 is 4.74 Å². The molecule has 0 unspecified atom stereocenters. The van der Waals surface area contributed by atoms with Gasteiger partial charge in [-0.05, 0) is 35.7 Å². The van der Waals surface area contributed by atoms with Crippen molar-refractivity contribution in [1.82, 2.24) is 14.8 Å². The molecule has 106 valence electrons. The highest BCUT2D eigenvalue weighted by Crippen LogP contribution is 2.25. The molecule has 0 saturated carbocycles. The number of nitrogens with zero attached hydrogens (tertiary/aromatic N) is 3. The van der Waals surface area contributed by atoms with Crippen LogP contribution in [0, 0.1) is 5.82 Å². The van der Waals surface area contributed by atoms with Crippen molar-refractivity contribution in [3.8, 4) is 16.4 Å². The summed E-state index contributed by atoms with van der Waals surface area (Å²) in [6.45, 7) is 0. The highest BCUT2D eigenvalue weighted by Gasteiger charge is 2.19. The number of rotatable bonds is 3. The predicted octanol–water partition coefficient (Wildman–Crippen LogP) is 2.92. The molecular formula is C14H10FN3O2S. The molecule has 0 bridgehead atoms. The van der Waals surface area contributed by atoms with Gasteiger partial charge in [0, 0.05) is 0 Å². The van der Waals surface area contributed by atoms with Crippen LogP contribution in [0.4, 0.5) is 4.39 Å². The lowest BCUT2D eigenvalue weighted by Gasteiger charge is -2.03. The predicted molar refractivity (Wildman–Crippen MR) is 76.0 cm³/mol. The average molecular weight is 303 g/mol. The van der Waals surface area contributed by atoms with Crippen LogP contribution < -0.4 is 0 Å². The van der Waals surface area contributed by atoms with E-state index in [9.17, 15) is 9.18 Å². The molecule has 0 saturated heterocycles. The Morgan fingerprint density at radius 3 is 2.67 bits per heavy atom. The number of benzene rings is 1. The summed E-state index contributed by atoms with van der Waals surface area (Å²) >= 11 is 1.47. The number of hydrogen-bond donors (Lipinski definition) is 0. The molecule has 0 amide bonds. The number of hydrogen-bond acceptors (Lipinski definition) is 5. The van der Waals surface area contributed by atoms with E-state index in [1.54, 1.807) is 12.1 Å². The minimum Gasteiger partial charge on any atom is -0.463 e. The Balaban J connectivity index is 2.15. The van der Waals surface area contributed by atoms with E-state index in [4.69, 9.17) is 0 Å². The topological polar surface area (TPSA) is 57.0 Å².